The van der Waals surface area contributed by atoms with Gasteiger partial charge in [0, 0.05) is 17.3 Å². The van der Waals surface area contributed by atoms with Crippen LogP contribution in [0.5, 0.6) is 5.75 Å². The molecule has 2 saturated carbocycles. The van der Waals surface area contributed by atoms with E-state index in [0.717, 1.165) is 0 Å². The van der Waals surface area contributed by atoms with E-state index in [0.29, 0.717) is 22.4 Å². The summed E-state index contributed by atoms with van der Waals surface area (Å²) >= 11 is 0. The maximum Gasteiger partial charge on any atom is 0.273 e. The lowest BCUT2D eigenvalue weighted by Crippen LogP contribution is -2.79. The smallest absolute Gasteiger partial charge is 0.273 e. The third-order valence-corrected chi connectivity index (χ3v) is 10.1. The van der Waals surface area contributed by atoms with Crippen LogP contribution in [-0.4, -0.2) is 86.0 Å². The Morgan fingerprint density at radius 2 is 1.70 bits per heavy atom. The molecule has 6 rings (SSSR count). The number of rotatable bonds is 5. The normalized spacial score (nSPS) is 30.4. The van der Waals surface area contributed by atoms with Crippen molar-refractivity contribution in [2.24, 2.45) is 28.4 Å². The van der Waals surface area contributed by atoms with Crippen molar-refractivity contribution >= 4 is 40.6 Å². The number of hydrogen-bond donors (Lipinski definition) is 5. The number of likely N-dealkylation sites (N-methyl/N-ethyl adjacent to an activating group) is 1. The van der Waals surface area contributed by atoms with E-state index in [9.17, 15) is 39.0 Å². The molecule has 6 atom stereocenters. The predicted octanol–water partition coefficient (Wildman–Crippen LogP) is 1.29. The molecule has 13 heteroatoms. The number of phenols is 1. The number of carbonyl (C=O) groups is 6. The number of fused-ring (bicyclic) bond motifs is 3. The molecule has 0 spiro atoms. The number of nitrogens with two attached hydrogens (primary N) is 1. The first kappa shape index (κ1) is 31.0. The summed E-state index contributed by atoms with van der Waals surface area (Å²) in [6.07, 6.45) is 1.43. The molecule has 0 bridgehead atoms. The van der Waals surface area contributed by atoms with Crippen molar-refractivity contribution in [3.05, 3.63) is 65.5 Å². The molecule has 2 fully saturated rings. The number of nitrogens with zero attached hydrogens (tertiary/aromatic N) is 2. The summed E-state index contributed by atoms with van der Waals surface area (Å²) in [6, 6.07) is 10.1. The molecule has 6 N–H and O–H groups in total. The zero-order valence-corrected chi connectivity index (χ0v) is 25.6. The number of aromatic amines is 1. The molecule has 0 saturated heterocycles. The van der Waals surface area contributed by atoms with E-state index >= 15 is 0 Å². The van der Waals surface area contributed by atoms with Crippen LogP contribution < -0.4 is 11.1 Å². The van der Waals surface area contributed by atoms with Crippen LogP contribution in [0.4, 0.5) is 5.69 Å². The van der Waals surface area contributed by atoms with Gasteiger partial charge in [0.25, 0.3) is 5.91 Å². The number of amides is 2. The highest BCUT2D eigenvalue weighted by Crippen LogP contribution is 2.62. The van der Waals surface area contributed by atoms with Crippen LogP contribution in [0.3, 0.4) is 0 Å². The number of anilines is 1. The zero-order valence-electron chi connectivity index (χ0n) is 25.6. The first-order chi connectivity index (χ1) is 21.6. The quantitative estimate of drug-likeness (QED) is 0.256. The Bertz CT molecular complexity index is 1850. The monoisotopic (exact) mass is 627 g/mol. The molecule has 3 aromatic rings. The molecule has 46 heavy (non-hydrogen) atoms. The molecule has 13 nitrogen and oxygen atoms in total. The first-order valence-electron chi connectivity index (χ1n) is 14.7. The van der Waals surface area contributed by atoms with Gasteiger partial charge in [0.2, 0.25) is 5.91 Å². The Kier molecular flexibility index (Phi) is 6.91. The van der Waals surface area contributed by atoms with E-state index in [2.05, 4.69) is 15.5 Å². The van der Waals surface area contributed by atoms with Gasteiger partial charge in [-0.3, -0.25) is 38.8 Å². The van der Waals surface area contributed by atoms with Gasteiger partial charge in [-0.1, -0.05) is 32.0 Å². The lowest BCUT2D eigenvalue weighted by atomic mass is 9.42. The fourth-order valence-electron chi connectivity index (χ4n) is 8.30. The minimum absolute atomic E-state index is 0.0833. The van der Waals surface area contributed by atoms with Gasteiger partial charge in [-0.25, -0.2) is 0 Å². The van der Waals surface area contributed by atoms with Crippen LogP contribution in [0.2, 0.25) is 0 Å². The number of hydrogen-bond acceptors (Lipinski definition) is 10. The minimum atomic E-state index is -2.86. The standard InChI is InChI=1S/C33H33N5O8/c1-31-13-18-17(15-5-7-16(8-6-15)36-30(45)19-11-12-35-37-19)9-10-20(39)21(18)24(40)23(31)28(43)33(46)27(42)22(29(34)44)25(41)26(38(3)4)32(33,2)14-31/h5-12,22-23,26,39,46H,13-14H2,1-4H3,(H2,34,44)(H,35,37)(H,36,45)/t22?,23?,26-,31+,32+,33-/m1/s1. The first-order valence-corrected chi connectivity index (χ1v) is 14.7. The summed E-state index contributed by atoms with van der Waals surface area (Å²) in [7, 11) is 3.08. The molecular formula is C33H33N5O8. The average molecular weight is 628 g/mol. The number of nitrogens with one attached hydrogen (secondary N) is 2. The molecule has 0 aliphatic heterocycles. The Morgan fingerprint density at radius 3 is 2.28 bits per heavy atom. The van der Waals surface area contributed by atoms with E-state index < -0.39 is 63.3 Å². The molecule has 2 unspecified atom stereocenters. The van der Waals surface area contributed by atoms with E-state index in [1.807, 2.05) is 0 Å². The van der Waals surface area contributed by atoms with E-state index in [1.165, 1.54) is 30.2 Å². The zero-order chi connectivity index (χ0) is 33.5. The summed E-state index contributed by atoms with van der Waals surface area (Å²) in [6.45, 7) is 3.16. The summed E-state index contributed by atoms with van der Waals surface area (Å²) < 4.78 is 0. The second kappa shape index (κ2) is 10.3. The molecule has 3 aliphatic carbocycles. The van der Waals surface area contributed by atoms with Crippen molar-refractivity contribution in [2.75, 3.05) is 19.4 Å². The molecule has 1 aromatic heterocycles. The van der Waals surface area contributed by atoms with Gasteiger partial charge in [0.05, 0.1) is 17.5 Å². The van der Waals surface area contributed by atoms with Gasteiger partial charge in [0.15, 0.2) is 34.7 Å². The Morgan fingerprint density at radius 1 is 1.02 bits per heavy atom. The third kappa shape index (κ3) is 4.11. The number of Topliss-reactive ketones (excluding diaryl/α,β-unsaturated/α-hetero) is 4. The van der Waals surface area contributed by atoms with Crippen molar-refractivity contribution in [3.8, 4) is 16.9 Å². The van der Waals surface area contributed by atoms with Gasteiger partial charge in [-0.2, -0.15) is 5.10 Å². The lowest BCUT2D eigenvalue weighted by Gasteiger charge is -2.61. The SMILES string of the molecule is CN(C)[C@@H]1C(=O)C(C(N)=O)C(=O)[C@@]2(O)C(=O)C3C(=O)c4c(O)ccc(-c5ccc(NC(=O)c6ccn[nH]6)cc5)c4C[C@@]3(C)C[C@@]12C. The highest BCUT2D eigenvalue weighted by atomic mass is 16.3. The molecular weight excluding hydrogens is 594 g/mol. The van der Waals surface area contributed by atoms with E-state index in [4.69, 9.17) is 5.73 Å². The van der Waals surface area contributed by atoms with Crippen LogP contribution in [0.25, 0.3) is 11.1 Å². The van der Waals surface area contributed by atoms with Crippen molar-refractivity contribution in [1.82, 2.24) is 15.1 Å². The Balaban J connectivity index is 1.44. The second-order valence-electron chi connectivity index (χ2n) is 13.3. The number of aromatic nitrogens is 2. The topological polar surface area (TPSA) is 213 Å². The van der Waals surface area contributed by atoms with Crippen LogP contribution in [-0.2, 0) is 25.6 Å². The van der Waals surface area contributed by atoms with Crippen LogP contribution in [0.1, 0.15) is 46.7 Å². The number of phenolic OH excluding ortho intramolecular Hbond substituents is 1. The molecule has 1 heterocycles. The largest absolute Gasteiger partial charge is 0.507 e. The predicted molar refractivity (Wildman–Crippen MR) is 163 cm³/mol. The fraction of sp³-hybridized carbons (Fsp3) is 0.364. The Labute approximate surface area is 263 Å². The van der Waals surface area contributed by atoms with Gasteiger partial charge >= 0.3 is 0 Å². The molecule has 0 radical (unpaired) electrons. The van der Waals surface area contributed by atoms with Crippen molar-refractivity contribution < 1.29 is 39.0 Å². The highest BCUT2D eigenvalue weighted by molar-refractivity contribution is 6.33. The van der Waals surface area contributed by atoms with Crippen molar-refractivity contribution in [3.63, 3.8) is 0 Å². The number of aromatic hydroxyl groups is 1. The van der Waals surface area contributed by atoms with Crippen LogP contribution in [0, 0.1) is 22.7 Å². The summed E-state index contributed by atoms with van der Waals surface area (Å²) in [5.74, 6) is -9.67. The molecule has 2 aromatic carbocycles. The molecule has 238 valence electrons. The molecule has 3 aliphatic rings. The summed E-state index contributed by atoms with van der Waals surface area (Å²) in [4.78, 5) is 82.1. The number of carbonyl (C=O) groups excluding carboxylic acids is 6. The van der Waals surface area contributed by atoms with Crippen LogP contribution >= 0.6 is 0 Å². The van der Waals surface area contributed by atoms with E-state index in [1.54, 1.807) is 51.4 Å². The van der Waals surface area contributed by atoms with Crippen molar-refractivity contribution in [1.29, 1.82) is 0 Å². The van der Waals surface area contributed by atoms with Gasteiger partial charge in [-0.15, -0.1) is 0 Å². The summed E-state index contributed by atoms with van der Waals surface area (Å²) in [5.41, 5.74) is 2.04. The highest BCUT2D eigenvalue weighted by Gasteiger charge is 2.76. The van der Waals surface area contributed by atoms with Gasteiger partial charge in [-0.05, 0) is 73.3 Å². The van der Waals surface area contributed by atoms with Crippen molar-refractivity contribution in [2.45, 2.75) is 38.3 Å². The number of primary amides is 1. The number of aliphatic hydroxyl groups is 1. The molecule has 2 amide bonds. The fourth-order valence-corrected chi connectivity index (χ4v) is 8.30. The van der Waals surface area contributed by atoms with E-state index in [-0.39, 0.29) is 35.8 Å². The van der Waals surface area contributed by atoms with Crippen LogP contribution in [0.15, 0.2) is 48.7 Å². The van der Waals surface area contributed by atoms with Gasteiger partial charge < -0.3 is 21.3 Å². The number of benzene rings is 2. The maximum atomic E-state index is 14.4. The maximum absolute atomic E-state index is 14.4. The third-order valence-electron chi connectivity index (χ3n) is 10.1. The summed E-state index contributed by atoms with van der Waals surface area (Å²) in [5, 5.41) is 32.1. The van der Waals surface area contributed by atoms with Gasteiger partial charge in [0.1, 0.15) is 11.4 Å². The second-order valence-corrected chi connectivity index (χ2v) is 13.3. The average Bonchev–Trinajstić information content (AvgIpc) is 3.51. The Hall–Kier alpha value is -5.01. The number of H-pyrrole nitrogens is 1. The lowest BCUT2D eigenvalue weighted by molar-refractivity contribution is -0.203. The minimum Gasteiger partial charge on any atom is -0.507 e. The number of ketones is 4.